The maximum Gasteiger partial charge on any atom is 0.00983 e. The minimum Gasteiger partial charge on any atom is -0.314 e. The van der Waals surface area contributed by atoms with Crippen LogP contribution in [0.3, 0.4) is 0 Å². The molecule has 0 aliphatic heterocycles. The molecule has 1 atom stereocenters. The summed E-state index contributed by atoms with van der Waals surface area (Å²) in [5, 5.41) is 3.75. The minimum atomic E-state index is 0.576. The molecule has 1 nitrogen and oxygen atoms in total. The molecule has 112 valence electrons. The first-order chi connectivity index (χ1) is 9.61. The summed E-state index contributed by atoms with van der Waals surface area (Å²) in [4.78, 5) is 0. The third-order valence-electron chi connectivity index (χ3n) is 5.01. The van der Waals surface area contributed by atoms with Gasteiger partial charge in [0.2, 0.25) is 0 Å². The van der Waals surface area contributed by atoms with Gasteiger partial charge in [0.05, 0.1) is 0 Å². The molecule has 1 fully saturated rings. The van der Waals surface area contributed by atoms with E-state index in [0.29, 0.717) is 11.5 Å². The molecule has 1 aliphatic carbocycles. The Kier molecular flexibility index (Phi) is 5.65. The van der Waals surface area contributed by atoms with Crippen LogP contribution < -0.4 is 5.32 Å². The van der Waals surface area contributed by atoms with Gasteiger partial charge in [-0.25, -0.2) is 0 Å². The largest absolute Gasteiger partial charge is 0.314 e. The predicted molar refractivity (Wildman–Crippen MR) is 88.0 cm³/mol. The standard InChI is InChI=1S/C19H31N/c1-4-20-18(11-10-16-8-6-5-7-9-16)17-12-14-19(2,3)15-13-17/h5-9,17-18,20H,4,10-15H2,1-3H3. The number of hydrogen-bond donors (Lipinski definition) is 1. The molecule has 0 amide bonds. The molecule has 2 rings (SSSR count). The van der Waals surface area contributed by atoms with Crippen LogP contribution in [0.5, 0.6) is 0 Å². The average molecular weight is 273 g/mol. The zero-order valence-corrected chi connectivity index (χ0v) is 13.5. The molecule has 1 N–H and O–H groups in total. The molecule has 0 radical (unpaired) electrons. The van der Waals surface area contributed by atoms with Crippen LogP contribution in [0.1, 0.15) is 58.4 Å². The maximum absolute atomic E-state index is 3.75. The molecule has 0 saturated heterocycles. The average Bonchev–Trinajstić information content (AvgIpc) is 2.45. The zero-order valence-electron chi connectivity index (χ0n) is 13.5. The lowest BCUT2D eigenvalue weighted by Crippen LogP contribution is -2.39. The van der Waals surface area contributed by atoms with Crippen molar-refractivity contribution in [1.29, 1.82) is 0 Å². The van der Waals surface area contributed by atoms with Gasteiger partial charge in [0.1, 0.15) is 0 Å². The Morgan fingerprint density at radius 2 is 1.80 bits per heavy atom. The topological polar surface area (TPSA) is 12.0 Å². The van der Waals surface area contributed by atoms with Gasteiger partial charge in [-0.1, -0.05) is 51.1 Å². The van der Waals surface area contributed by atoms with E-state index in [1.165, 1.54) is 44.1 Å². The lowest BCUT2D eigenvalue weighted by molar-refractivity contribution is 0.158. The molecule has 1 unspecified atom stereocenters. The summed E-state index contributed by atoms with van der Waals surface area (Å²) >= 11 is 0. The SMILES string of the molecule is CCNC(CCc1ccccc1)C1CCC(C)(C)CC1. The van der Waals surface area contributed by atoms with Gasteiger partial charge < -0.3 is 5.32 Å². The summed E-state index contributed by atoms with van der Waals surface area (Å²) in [7, 11) is 0. The van der Waals surface area contributed by atoms with Crippen molar-refractivity contribution in [2.75, 3.05) is 6.54 Å². The normalized spacial score (nSPS) is 20.8. The Morgan fingerprint density at radius 1 is 1.15 bits per heavy atom. The molecule has 1 aliphatic rings. The van der Waals surface area contributed by atoms with Crippen LogP contribution in [-0.2, 0) is 6.42 Å². The summed E-state index contributed by atoms with van der Waals surface area (Å²) in [6, 6.07) is 11.6. The third-order valence-corrected chi connectivity index (χ3v) is 5.01. The Bertz CT molecular complexity index is 372. The van der Waals surface area contributed by atoms with Crippen molar-refractivity contribution in [3.63, 3.8) is 0 Å². The van der Waals surface area contributed by atoms with E-state index in [1.807, 2.05) is 0 Å². The van der Waals surface area contributed by atoms with E-state index < -0.39 is 0 Å². The Balaban J connectivity index is 1.87. The fourth-order valence-electron chi connectivity index (χ4n) is 3.56. The van der Waals surface area contributed by atoms with Crippen molar-refractivity contribution in [3.8, 4) is 0 Å². The molecule has 1 saturated carbocycles. The summed E-state index contributed by atoms with van der Waals surface area (Å²) in [6.45, 7) is 8.19. The highest BCUT2D eigenvalue weighted by atomic mass is 14.9. The molecule has 1 heteroatoms. The number of hydrogen-bond acceptors (Lipinski definition) is 1. The van der Waals surface area contributed by atoms with E-state index >= 15 is 0 Å². The molecule has 20 heavy (non-hydrogen) atoms. The third kappa shape index (κ3) is 4.63. The maximum atomic E-state index is 3.75. The fraction of sp³-hybridized carbons (Fsp3) is 0.684. The van der Waals surface area contributed by atoms with E-state index in [0.717, 1.165) is 12.5 Å². The summed E-state index contributed by atoms with van der Waals surface area (Å²) in [5.74, 6) is 0.881. The van der Waals surface area contributed by atoms with Crippen molar-refractivity contribution < 1.29 is 0 Å². The van der Waals surface area contributed by atoms with Crippen molar-refractivity contribution >= 4 is 0 Å². The van der Waals surface area contributed by atoms with Crippen LogP contribution in [0.4, 0.5) is 0 Å². The van der Waals surface area contributed by atoms with E-state index in [4.69, 9.17) is 0 Å². The second-order valence-electron chi connectivity index (χ2n) is 7.19. The van der Waals surface area contributed by atoms with E-state index in [9.17, 15) is 0 Å². The molecule has 1 aromatic rings. The second kappa shape index (κ2) is 7.26. The lowest BCUT2D eigenvalue weighted by atomic mass is 9.70. The monoisotopic (exact) mass is 273 g/mol. The summed E-state index contributed by atoms with van der Waals surface area (Å²) in [5.41, 5.74) is 2.05. The first kappa shape index (κ1) is 15.6. The van der Waals surface area contributed by atoms with E-state index in [1.54, 1.807) is 0 Å². The van der Waals surface area contributed by atoms with Gasteiger partial charge in [0.25, 0.3) is 0 Å². The predicted octanol–water partition coefficient (Wildman–Crippen LogP) is 4.81. The molecule has 0 spiro atoms. The summed E-state index contributed by atoms with van der Waals surface area (Å²) < 4.78 is 0. The van der Waals surface area contributed by atoms with Gasteiger partial charge in [0, 0.05) is 6.04 Å². The van der Waals surface area contributed by atoms with E-state index in [-0.39, 0.29) is 0 Å². The highest BCUT2D eigenvalue weighted by Gasteiger charge is 2.30. The molecular weight excluding hydrogens is 242 g/mol. The van der Waals surface area contributed by atoms with Gasteiger partial charge in [-0.15, -0.1) is 0 Å². The smallest absolute Gasteiger partial charge is 0.00983 e. The van der Waals surface area contributed by atoms with Gasteiger partial charge in [-0.2, -0.15) is 0 Å². The second-order valence-corrected chi connectivity index (χ2v) is 7.19. The fourth-order valence-corrected chi connectivity index (χ4v) is 3.56. The van der Waals surface area contributed by atoms with Gasteiger partial charge in [-0.3, -0.25) is 0 Å². The number of aryl methyl sites for hydroxylation is 1. The van der Waals surface area contributed by atoms with Crippen molar-refractivity contribution in [1.82, 2.24) is 5.32 Å². The highest BCUT2D eigenvalue weighted by Crippen LogP contribution is 2.39. The van der Waals surface area contributed by atoms with Crippen LogP contribution in [0, 0.1) is 11.3 Å². The highest BCUT2D eigenvalue weighted by molar-refractivity contribution is 5.14. The van der Waals surface area contributed by atoms with Crippen LogP contribution in [0.15, 0.2) is 30.3 Å². The number of rotatable bonds is 6. The molecule has 0 aromatic heterocycles. The zero-order chi connectivity index (χ0) is 14.4. The van der Waals surface area contributed by atoms with Crippen molar-refractivity contribution in [2.45, 2.75) is 65.3 Å². The quantitative estimate of drug-likeness (QED) is 0.784. The van der Waals surface area contributed by atoms with Crippen LogP contribution >= 0.6 is 0 Å². The Hall–Kier alpha value is -0.820. The lowest BCUT2D eigenvalue weighted by Gasteiger charge is -2.38. The van der Waals surface area contributed by atoms with Crippen molar-refractivity contribution in [3.05, 3.63) is 35.9 Å². The molecule has 1 aromatic carbocycles. The van der Waals surface area contributed by atoms with Crippen LogP contribution in [-0.4, -0.2) is 12.6 Å². The van der Waals surface area contributed by atoms with E-state index in [2.05, 4.69) is 56.4 Å². The minimum absolute atomic E-state index is 0.576. The molecule has 0 heterocycles. The van der Waals surface area contributed by atoms with Crippen LogP contribution in [0.2, 0.25) is 0 Å². The molecule has 0 bridgehead atoms. The Morgan fingerprint density at radius 3 is 2.40 bits per heavy atom. The summed E-state index contributed by atoms with van der Waals surface area (Å²) in [6.07, 6.45) is 8.08. The van der Waals surface area contributed by atoms with Gasteiger partial charge in [-0.05, 0) is 62.0 Å². The van der Waals surface area contributed by atoms with Gasteiger partial charge in [0.15, 0.2) is 0 Å². The Labute approximate surface area is 125 Å². The first-order valence-corrected chi connectivity index (χ1v) is 8.38. The number of benzene rings is 1. The van der Waals surface area contributed by atoms with Crippen molar-refractivity contribution in [2.24, 2.45) is 11.3 Å². The molecular formula is C19H31N. The number of nitrogens with one attached hydrogen (secondary N) is 1. The van der Waals surface area contributed by atoms with Crippen LogP contribution in [0.25, 0.3) is 0 Å². The van der Waals surface area contributed by atoms with Gasteiger partial charge >= 0.3 is 0 Å². The first-order valence-electron chi connectivity index (χ1n) is 8.38.